The predicted octanol–water partition coefficient (Wildman–Crippen LogP) is 2.39. The molecule has 0 N–H and O–H groups in total. The van der Waals surface area contributed by atoms with Gasteiger partial charge in [0, 0.05) is 24.8 Å². The second-order valence-electron chi connectivity index (χ2n) is 3.65. The molecule has 0 aromatic carbocycles. The molecule has 0 radical (unpaired) electrons. The smallest absolute Gasteiger partial charge is 0.0656 e. The number of hydrogen-bond donors (Lipinski definition) is 0. The van der Waals surface area contributed by atoms with Crippen molar-refractivity contribution in [2.45, 2.75) is 26.7 Å². The summed E-state index contributed by atoms with van der Waals surface area (Å²) in [7, 11) is 0. The molecule has 16 heavy (non-hydrogen) atoms. The first-order valence-corrected chi connectivity index (χ1v) is 5.20. The molecule has 0 bridgehead atoms. The number of aryl methyl sites for hydroxylation is 1. The van der Waals surface area contributed by atoms with E-state index >= 15 is 0 Å². The number of nitrogens with zero attached hydrogens (tertiary/aromatic N) is 4. The molecule has 2 aromatic rings. The molecule has 4 heteroatoms. The van der Waals surface area contributed by atoms with Gasteiger partial charge in [-0.05, 0) is 25.0 Å². The Morgan fingerprint density at radius 3 is 2.25 bits per heavy atom. The van der Waals surface area contributed by atoms with Crippen LogP contribution in [0.25, 0.3) is 0 Å². The van der Waals surface area contributed by atoms with Crippen molar-refractivity contribution in [3.8, 4) is 0 Å². The third-order valence-corrected chi connectivity index (χ3v) is 1.88. The van der Waals surface area contributed by atoms with E-state index in [-0.39, 0.29) is 0 Å². The summed E-state index contributed by atoms with van der Waals surface area (Å²) in [5, 5.41) is 7.68. The second-order valence-corrected chi connectivity index (χ2v) is 3.65. The van der Waals surface area contributed by atoms with Crippen LogP contribution in [0.3, 0.4) is 0 Å². The van der Waals surface area contributed by atoms with Crippen LogP contribution in [-0.2, 0) is 0 Å². The minimum absolute atomic E-state index is 0.485. The number of aromatic nitrogens is 4. The van der Waals surface area contributed by atoms with E-state index in [0.717, 1.165) is 11.4 Å². The van der Waals surface area contributed by atoms with E-state index in [2.05, 4.69) is 34.0 Å². The fourth-order valence-electron chi connectivity index (χ4n) is 0.995. The molecule has 0 spiro atoms. The van der Waals surface area contributed by atoms with Crippen molar-refractivity contribution >= 4 is 0 Å². The first-order valence-electron chi connectivity index (χ1n) is 5.20. The second kappa shape index (κ2) is 6.61. The normalized spacial score (nSPS) is 9.50. The Hall–Kier alpha value is -1.84. The minimum atomic E-state index is 0.485. The predicted molar refractivity (Wildman–Crippen MR) is 62.9 cm³/mol. The molecular weight excluding hydrogens is 200 g/mol. The van der Waals surface area contributed by atoms with Gasteiger partial charge in [0.1, 0.15) is 0 Å². The highest BCUT2D eigenvalue weighted by Crippen LogP contribution is 2.07. The molecular formula is C12H16N4. The van der Waals surface area contributed by atoms with Gasteiger partial charge in [0.15, 0.2) is 0 Å². The molecule has 4 nitrogen and oxygen atoms in total. The lowest BCUT2D eigenvalue weighted by atomic mass is 10.1. The van der Waals surface area contributed by atoms with Crippen molar-refractivity contribution in [1.82, 2.24) is 20.2 Å². The molecule has 0 unspecified atom stereocenters. The fourth-order valence-corrected chi connectivity index (χ4v) is 0.995. The van der Waals surface area contributed by atoms with Gasteiger partial charge in [-0.1, -0.05) is 13.8 Å². The lowest BCUT2D eigenvalue weighted by Gasteiger charge is -1.98. The summed E-state index contributed by atoms with van der Waals surface area (Å²) in [6.07, 6.45) is 6.74. The van der Waals surface area contributed by atoms with Gasteiger partial charge in [-0.3, -0.25) is 9.97 Å². The van der Waals surface area contributed by atoms with Gasteiger partial charge in [-0.2, -0.15) is 10.2 Å². The van der Waals surface area contributed by atoms with Crippen LogP contribution in [0.15, 0.2) is 36.9 Å². The molecule has 0 aliphatic rings. The number of hydrogen-bond acceptors (Lipinski definition) is 4. The fraction of sp³-hybridized carbons (Fsp3) is 0.333. The Bertz CT molecular complexity index is 386. The van der Waals surface area contributed by atoms with E-state index < -0.39 is 0 Å². The standard InChI is InChI=1S/C7H10N2.C5H6N2/c1-6(2)7-4-3-5-8-9-7;1-5-4-6-2-3-7-5/h3-6H,1-2H3;2-4H,1H3. The quantitative estimate of drug-likeness (QED) is 0.734. The summed E-state index contributed by atoms with van der Waals surface area (Å²) in [5.74, 6) is 0.485. The third kappa shape index (κ3) is 4.59. The summed E-state index contributed by atoms with van der Waals surface area (Å²) in [6, 6.07) is 3.89. The largest absolute Gasteiger partial charge is 0.261 e. The van der Waals surface area contributed by atoms with Crippen LogP contribution in [0.4, 0.5) is 0 Å². The van der Waals surface area contributed by atoms with Gasteiger partial charge in [0.25, 0.3) is 0 Å². The Morgan fingerprint density at radius 1 is 1.12 bits per heavy atom. The van der Waals surface area contributed by atoms with Crippen molar-refractivity contribution < 1.29 is 0 Å². The van der Waals surface area contributed by atoms with E-state index in [1.54, 1.807) is 24.8 Å². The molecule has 0 aliphatic carbocycles. The molecule has 84 valence electrons. The third-order valence-electron chi connectivity index (χ3n) is 1.88. The van der Waals surface area contributed by atoms with Crippen LogP contribution >= 0.6 is 0 Å². The van der Waals surface area contributed by atoms with E-state index in [9.17, 15) is 0 Å². The maximum Gasteiger partial charge on any atom is 0.0656 e. The van der Waals surface area contributed by atoms with Gasteiger partial charge in [0.2, 0.25) is 0 Å². The Labute approximate surface area is 95.8 Å². The Balaban J connectivity index is 0.000000165. The van der Waals surface area contributed by atoms with E-state index in [1.807, 2.05) is 19.1 Å². The van der Waals surface area contributed by atoms with Gasteiger partial charge in [-0.25, -0.2) is 0 Å². The summed E-state index contributed by atoms with van der Waals surface area (Å²) >= 11 is 0. The SMILES string of the molecule is CC(C)c1cccnn1.Cc1cnccn1. The molecule has 0 atom stereocenters. The van der Waals surface area contributed by atoms with Crippen molar-refractivity contribution in [3.63, 3.8) is 0 Å². The zero-order valence-electron chi connectivity index (χ0n) is 9.83. The number of rotatable bonds is 1. The van der Waals surface area contributed by atoms with Crippen LogP contribution in [0.2, 0.25) is 0 Å². The molecule has 0 aliphatic heterocycles. The van der Waals surface area contributed by atoms with Crippen molar-refractivity contribution in [1.29, 1.82) is 0 Å². The van der Waals surface area contributed by atoms with Crippen molar-refractivity contribution in [2.75, 3.05) is 0 Å². The lowest BCUT2D eigenvalue weighted by Crippen LogP contribution is -1.92. The summed E-state index contributed by atoms with van der Waals surface area (Å²) in [5.41, 5.74) is 2.01. The minimum Gasteiger partial charge on any atom is -0.261 e. The summed E-state index contributed by atoms with van der Waals surface area (Å²) < 4.78 is 0. The molecule has 0 saturated heterocycles. The molecule has 0 saturated carbocycles. The Kier molecular flexibility index (Phi) is 5.05. The Morgan fingerprint density at radius 2 is 1.94 bits per heavy atom. The molecule has 2 rings (SSSR count). The molecule has 0 fully saturated rings. The monoisotopic (exact) mass is 216 g/mol. The van der Waals surface area contributed by atoms with Crippen LogP contribution in [0.1, 0.15) is 31.2 Å². The zero-order chi connectivity index (χ0) is 11.8. The maximum atomic E-state index is 3.93. The van der Waals surface area contributed by atoms with Crippen LogP contribution in [0.5, 0.6) is 0 Å². The van der Waals surface area contributed by atoms with Gasteiger partial charge >= 0.3 is 0 Å². The molecule has 2 heterocycles. The van der Waals surface area contributed by atoms with Gasteiger partial charge < -0.3 is 0 Å². The molecule has 2 aromatic heterocycles. The highest BCUT2D eigenvalue weighted by atomic mass is 15.1. The van der Waals surface area contributed by atoms with E-state index in [4.69, 9.17) is 0 Å². The molecule has 0 amide bonds. The average Bonchev–Trinajstić information content (AvgIpc) is 2.32. The summed E-state index contributed by atoms with van der Waals surface area (Å²) in [6.45, 7) is 6.11. The zero-order valence-corrected chi connectivity index (χ0v) is 9.83. The van der Waals surface area contributed by atoms with Crippen LogP contribution in [-0.4, -0.2) is 20.2 Å². The van der Waals surface area contributed by atoms with Crippen LogP contribution in [0, 0.1) is 6.92 Å². The first-order chi connectivity index (χ1) is 7.70. The highest BCUT2D eigenvalue weighted by Gasteiger charge is 1.96. The topological polar surface area (TPSA) is 51.6 Å². The maximum absolute atomic E-state index is 3.93. The summed E-state index contributed by atoms with van der Waals surface area (Å²) in [4.78, 5) is 7.74. The lowest BCUT2D eigenvalue weighted by molar-refractivity contribution is 0.785. The van der Waals surface area contributed by atoms with E-state index in [1.165, 1.54) is 0 Å². The van der Waals surface area contributed by atoms with Gasteiger partial charge in [0.05, 0.1) is 11.4 Å². The van der Waals surface area contributed by atoms with Crippen molar-refractivity contribution in [2.24, 2.45) is 0 Å². The average molecular weight is 216 g/mol. The van der Waals surface area contributed by atoms with E-state index in [0.29, 0.717) is 5.92 Å². The van der Waals surface area contributed by atoms with Gasteiger partial charge in [-0.15, -0.1) is 0 Å². The highest BCUT2D eigenvalue weighted by molar-refractivity contribution is 5.03. The van der Waals surface area contributed by atoms with Crippen LogP contribution < -0.4 is 0 Å². The first kappa shape index (κ1) is 12.2. The van der Waals surface area contributed by atoms with Crippen molar-refractivity contribution in [3.05, 3.63) is 48.3 Å².